The van der Waals surface area contributed by atoms with Crippen molar-refractivity contribution in [2.75, 3.05) is 13.2 Å². The van der Waals surface area contributed by atoms with Crippen LogP contribution in [0.1, 0.15) is 64.1 Å². The Balaban J connectivity index is 1.77. The van der Waals surface area contributed by atoms with Gasteiger partial charge in [-0.25, -0.2) is 4.98 Å². The van der Waals surface area contributed by atoms with E-state index in [-0.39, 0.29) is 5.75 Å². The molecular weight excluding hydrogens is 482 g/mol. The number of aromatic nitrogens is 2. The molecule has 0 fully saturated rings. The first-order valence-corrected chi connectivity index (χ1v) is 14.5. The number of ether oxygens (including phenoxy) is 1. The summed E-state index contributed by atoms with van der Waals surface area (Å²) in [6, 6.07) is 26.9. The van der Waals surface area contributed by atoms with Gasteiger partial charge in [-0.15, -0.1) is 0 Å². The van der Waals surface area contributed by atoms with Gasteiger partial charge in [0.05, 0.1) is 18.0 Å². The van der Waals surface area contributed by atoms with Crippen molar-refractivity contribution in [3.05, 3.63) is 90.1 Å². The van der Waals surface area contributed by atoms with E-state index >= 15 is 0 Å². The van der Waals surface area contributed by atoms with Gasteiger partial charge in [-0.1, -0.05) is 99.8 Å². The molecule has 0 aliphatic rings. The molecule has 0 aliphatic carbocycles. The molecule has 4 rings (SSSR count). The molecule has 0 atom stereocenters. The third-order valence-corrected chi connectivity index (χ3v) is 7.07. The van der Waals surface area contributed by atoms with Gasteiger partial charge < -0.3 is 14.4 Å². The number of benzene rings is 3. The van der Waals surface area contributed by atoms with Crippen molar-refractivity contribution in [2.24, 2.45) is 0 Å². The van der Waals surface area contributed by atoms with Crippen molar-refractivity contribution in [3.8, 4) is 34.1 Å². The molecule has 1 aromatic heterocycles. The van der Waals surface area contributed by atoms with E-state index in [0.717, 1.165) is 73.7 Å². The second-order valence-corrected chi connectivity index (χ2v) is 10.1. The Bertz CT molecular complexity index is 1280. The predicted molar refractivity (Wildman–Crippen MR) is 161 cm³/mol. The molecule has 1 heterocycles. The van der Waals surface area contributed by atoms with Crippen molar-refractivity contribution in [3.63, 3.8) is 0 Å². The van der Waals surface area contributed by atoms with Crippen LogP contribution < -0.4 is 4.74 Å². The fourth-order valence-corrected chi connectivity index (χ4v) is 5.04. The van der Waals surface area contributed by atoms with Crippen LogP contribution in [0.3, 0.4) is 0 Å². The third-order valence-electron chi connectivity index (χ3n) is 7.07. The minimum absolute atomic E-state index is 0.188. The Hall–Kier alpha value is -3.57. The summed E-state index contributed by atoms with van der Waals surface area (Å²) < 4.78 is 8.15. The van der Waals surface area contributed by atoms with Crippen LogP contribution in [0.25, 0.3) is 22.6 Å². The molecule has 3 aromatic carbocycles. The molecule has 0 aliphatic heterocycles. The molecule has 0 amide bonds. The minimum Gasteiger partial charge on any atom is -0.504 e. The molecule has 4 aromatic rings. The van der Waals surface area contributed by atoms with E-state index < -0.39 is 0 Å². The van der Waals surface area contributed by atoms with E-state index in [1.807, 2.05) is 19.1 Å². The average molecular weight is 526 g/mol. The summed E-state index contributed by atoms with van der Waals surface area (Å²) in [6.45, 7) is 10.5. The molecule has 206 valence electrons. The van der Waals surface area contributed by atoms with E-state index in [1.54, 1.807) is 6.07 Å². The summed E-state index contributed by atoms with van der Waals surface area (Å²) in [4.78, 5) is 7.82. The van der Waals surface area contributed by atoms with Crippen LogP contribution in [0.2, 0.25) is 0 Å². The molecule has 0 spiro atoms. The van der Waals surface area contributed by atoms with Gasteiger partial charge in [0.25, 0.3) is 0 Å². The topological polar surface area (TPSA) is 50.5 Å². The molecule has 1 N–H and O–H groups in total. The Morgan fingerprint density at radius 3 is 2.15 bits per heavy atom. The third kappa shape index (κ3) is 7.51. The highest BCUT2D eigenvalue weighted by atomic mass is 16.5. The summed E-state index contributed by atoms with van der Waals surface area (Å²) in [5.74, 6) is 1.78. The number of phenols is 1. The van der Waals surface area contributed by atoms with Gasteiger partial charge in [-0.05, 0) is 44.0 Å². The number of phenolic OH excluding ortho intramolecular Hbond substituents is 1. The fourth-order valence-electron chi connectivity index (χ4n) is 5.04. The molecule has 0 unspecified atom stereocenters. The van der Waals surface area contributed by atoms with Crippen molar-refractivity contribution in [2.45, 2.75) is 72.5 Å². The second kappa shape index (κ2) is 14.5. The van der Waals surface area contributed by atoms with Crippen LogP contribution in [0, 0.1) is 0 Å². The highest BCUT2D eigenvalue weighted by Crippen LogP contribution is 2.32. The molecule has 0 saturated heterocycles. The fraction of sp³-hybridized carbons (Fsp3) is 0.382. The van der Waals surface area contributed by atoms with Crippen LogP contribution in [0.5, 0.6) is 11.5 Å². The van der Waals surface area contributed by atoms with Crippen LogP contribution in [-0.2, 0) is 19.6 Å². The lowest BCUT2D eigenvalue weighted by atomic mass is 10.1. The van der Waals surface area contributed by atoms with E-state index in [1.165, 1.54) is 18.5 Å². The molecule has 39 heavy (non-hydrogen) atoms. The van der Waals surface area contributed by atoms with Crippen LogP contribution >= 0.6 is 0 Å². The highest BCUT2D eigenvalue weighted by Gasteiger charge is 2.22. The zero-order chi connectivity index (χ0) is 27.5. The Labute approximate surface area is 234 Å². The summed E-state index contributed by atoms with van der Waals surface area (Å²) in [5, 5.41) is 10.2. The summed E-state index contributed by atoms with van der Waals surface area (Å²) in [6.07, 6.45) is 5.75. The van der Waals surface area contributed by atoms with Gasteiger partial charge in [0, 0.05) is 30.8 Å². The molecular formula is C34H43N3O2. The number of unbranched alkanes of at least 4 members (excludes halogenated alkanes) is 3. The first kappa shape index (κ1) is 28.4. The molecule has 0 bridgehead atoms. The van der Waals surface area contributed by atoms with Crippen molar-refractivity contribution < 1.29 is 9.84 Å². The maximum atomic E-state index is 10.2. The lowest BCUT2D eigenvalue weighted by molar-refractivity contribution is 0.245. The predicted octanol–water partition coefficient (Wildman–Crippen LogP) is 8.31. The Morgan fingerprint density at radius 2 is 1.49 bits per heavy atom. The van der Waals surface area contributed by atoms with E-state index in [2.05, 4.69) is 84.0 Å². The van der Waals surface area contributed by atoms with Gasteiger partial charge >= 0.3 is 0 Å². The SMILES string of the molecule is CCCCCn1c(-c2ccccc2)nc(-c2ccccc2)c1CN(CCCC)Cc1ccc(O)c(OCC)c1. The maximum absolute atomic E-state index is 10.2. The van der Waals surface area contributed by atoms with E-state index in [4.69, 9.17) is 9.72 Å². The van der Waals surface area contributed by atoms with Crippen LogP contribution in [0.4, 0.5) is 0 Å². The number of hydrogen-bond acceptors (Lipinski definition) is 4. The number of hydrogen-bond donors (Lipinski definition) is 1. The average Bonchev–Trinajstić information content (AvgIpc) is 3.32. The normalized spacial score (nSPS) is 11.3. The van der Waals surface area contributed by atoms with Gasteiger partial charge in [0.15, 0.2) is 11.5 Å². The molecule has 0 saturated carbocycles. The summed E-state index contributed by atoms with van der Waals surface area (Å²) in [7, 11) is 0. The van der Waals surface area contributed by atoms with Crippen molar-refractivity contribution >= 4 is 0 Å². The first-order chi connectivity index (χ1) is 19.1. The lowest BCUT2D eigenvalue weighted by Crippen LogP contribution is -2.26. The van der Waals surface area contributed by atoms with Gasteiger partial charge in [-0.3, -0.25) is 4.90 Å². The van der Waals surface area contributed by atoms with Gasteiger partial charge in [-0.2, -0.15) is 0 Å². The molecule has 0 radical (unpaired) electrons. The summed E-state index contributed by atoms with van der Waals surface area (Å²) in [5.41, 5.74) is 5.76. The Kier molecular flexibility index (Phi) is 10.6. The second-order valence-electron chi connectivity index (χ2n) is 10.1. The zero-order valence-electron chi connectivity index (χ0n) is 23.8. The summed E-state index contributed by atoms with van der Waals surface area (Å²) >= 11 is 0. The quantitative estimate of drug-likeness (QED) is 0.159. The monoisotopic (exact) mass is 525 g/mol. The van der Waals surface area contributed by atoms with Crippen molar-refractivity contribution in [1.29, 1.82) is 0 Å². The van der Waals surface area contributed by atoms with E-state index in [9.17, 15) is 5.11 Å². The zero-order valence-corrected chi connectivity index (χ0v) is 23.8. The maximum Gasteiger partial charge on any atom is 0.161 e. The molecule has 5 nitrogen and oxygen atoms in total. The standard InChI is InChI=1S/C34H43N3O2/c1-4-7-15-23-37-30(26-36(22-8-5-2)25-27-20-21-31(38)32(24-27)39-6-3)33(28-16-11-9-12-17-28)35-34(37)29-18-13-10-14-19-29/h9-14,16-21,24,38H,4-8,15,22-23,25-26H2,1-3H3. The first-order valence-electron chi connectivity index (χ1n) is 14.5. The largest absolute Gasteiger partial charge is 0.504 e. The highest BCUT2D eigenvalue weighted by molar-refractivity contribution is 5.68. The smallest absolute Gasteiger partial charge is 0.161 e. The number of rotatable bonds is 15. The minimum atomic E-state index is 0.188. The molecule has 5 heteroatoms. The van der Waals surface area contributed by atoms with Gasteiger partial charge in [0.2, 0.25) is 0 Å². The lowest BCUT2D eigenvalue weighted by Gasteiger charge is -2.24. The number of imidazole rings is 1. The number of nitrogens with zero attached hydrogens (tertiary/aromatic N) is 3. The van der Waals surface area contributed by atoms with Crippen molar-refractivity contribution in [1.82, 2.24) is 14.5 Å². The Morgan fingerprint density at radius 1 is 0.795 bits per heavy atom. The van der Waals surface area contributed by atoms with E-state index in [0.29, 0.717) is 12.4 Å². The van der Waals surface area contributed by atoms with Crippen LogP contribution in [0.15, 0.2) is 78.9 Å². The number of aromatic hydroxyl groups is 1. The van der Waals surface area contributed by atoms with Crippen LogP contribution in [-0.4, -0.2) is 32.7 Å². The van der Waals surface area contributed by atoms with Gasteiger partial charge in [0.1, 0.15) is 5.82 Å².